The zero-order valence-corrected chi connectivity index (χ0v) is 14.9. The number of hydrogen-bond donors (Lipinski definition) is 0. The van der Waals surface area contributed by atoms with Crippen LogP contribution < -0.4 is 18.9 Å². The minimum absolute atomic E-state index is 0.570. The lowest BCUT2D eigenvalue weighted by Gasteiger charge is -2.08. The van der Waals surface area contributed by atoms with Gasteiger partial charge in [0.1, 0.15) is 22.8 Å². The van der Waals surface area contributed by atoms with Gasteiger partial charge in [0.05, 0.1) is 27.4 Å². The minimum atomic E-state index is 0.570. The first kappa shape index (κ1) is 17.0. The van der Waals surface area contributed by atoms with Gasteiger partial charge in [-0.25, -0.2) is 0 Å². The molecule has 0 radical (unpaired) electrons. The first-order chi connectivity index (χ1) is 12.2. The van der Waals surface area contributed by atoms with Crippen LogP contribution in [-0.2, 0) is 0 Å². The summed E-state index contributed by atoms with van der Waals surface area (Å²) in [7, 11) is 3.25. The number of benzene rings is 2. The van der Waals surface area contributed by atoms with E-state index < -0.39 is 0 Å². The average Bonchev–Trinajstić information content (AvgIpc) is 3.04. The first-order valence-corrected chi connectivity index (χ1v) is 8.25. The van der Waals surface area contributed by atoms with E-state index in [0.717, 1.165) is 28.0 Å². The maximum absolute atomic E-state index is 6.02. The Balaban J connectivity index is 2.08. The van der Waals surface area contributed by atoms with E-state index in [1.165, 1.54) is 0 Å². The standard InChI is InChI=1S/C20H22O5/c1-5-23-16-8-13(7-15(11-16)21-3)17-9-14-10-20(24-6-2)19(22-4)12-18(14)25-17/h7-12H,5-6H2,1-4H3. The minimum Gasteiger partial charge on any atom is -0.497 e. The zero-order valence-electron chi connectivity index (χ0n) is 14.9. The van der Waals surface area contributed by atoms with Crippen LogP contribution in [-0.4, -0.2) is 27.4 Å². The molecule has 132 valence electrons. The number of ether oxygens (including phenoxy) is 4. The second-order valence-electron chi connectivity index (χ2n) is 5.41. The highest BCUT2D eigenvalue weighted by molar-refractivity contribution is 5.86. The van der Waals surface area contributed by atoms with Crippen molar-refractivity contribution < 1.29 is 23.4 Å². The first-order valence-electron chi connectivity index (χ1n) is 8.25. The van der Waals surface area contributed by atoms with Crippen LogP contribution in [0.25, 0.3) is 22.3 Å². The number of hydrogen-bond acceptors (Lipinski definition) is 5. The number of fused-ring (bicyclic) bond motifs is 1. The molecule has 1 aromatic heterocycles. The molecule has 0 saturated heterocycles. The Bertz CT molecular complexity index is 866. The van der Waals surface area contributed by atoms with Gasteiger partial charge in [-0.2, -0.15) is 0 Å². The number of rotatable bonds is 7. The van der Waals surface area contributed by atoms with Gasteiger partial charge in [-0.1, -0.05) is 0 Å². The van der Waals surface area contributed by atoms with E-state index in [-0.39, 0.29) is 0 Å². The molecule has 0 aliphatic heterocycles. The zero-order chi connectivity index (χ0) is 17.8. The van der Waals surface area contributed by atoms with Gasteiger partial charge in [-0.05, 0) is 38.1 Å². The fraction of sp³-hybridized carbons (Fsp3) is 0.300. The molecular weight excluding hydrogens is 320 g/mol. The van der Waals surface area contributed by atoms with Crippen LogP contribution >= 0.6 is 0 Å². The van der Waals surface area contributed by atoms with Gasteiger partial charge in [-0.3, -0.25) is 0 Å². The van der Waals surface area contributed by atoms with Crippen LogP contribution in [0.4, 0.5) is 0 Å². The molecular formula is C20H22O5. The van der Waals surface area contributed by atoms with E-state index in [4.69, 9.17) is 23.4 Å². The van der Waals surface area contributed by atoms with E-state index in [2.05, 4.69) is 0 Å². The van der Waals surface area contributed by atoms with Gasteiger partial charge in [0.2, 0.25) is 0 Å². The van der Waals surface area contributed by atoms with Gasteiger partial charge in [0.15, 0.2) is 11.5 Å². The van der Waals surface area contributed by atoms with E-state index in [1.54, 1.807) is 14.2 Å². The van der Waals surface area contributed by atoms with Crippen molar-refractivity contribution in [3.05, 3.63) is 36.4 Å². The van der Waals surface area contributed by atoms with Gasteiger partial charge < -0.3 is 23.4 Å². The predicted molar refractivity (Wildman–Crippen MR) is 97.1 cm³/mol. The van der Waals surface area contributed by atoms with Crippen molar-refractivity contribution in [3.8, 4) is 34.3 Å². The van der Waals surface area contributed by atoms with Crippen LogP contribution in [0, 0.1) is 0 Å². The normalized spacial score (nSPS) is 10.7. The Kier molecular flexibility index (Phi) is 5.03. The molecule has 0 aliphatic rings. The fourth-order valence-corrected chi connectivity index (χ4v) is 2.70. The molecule has 5 nitrogen and oxygen atoms in total. The Morgan fingerprint density at radius 3 is 2.20 bits per heavy atom. The molecule has 0 amide bonds. The summed E-state index contributed by atoms with van der Waals surface area (Å²) in [6, 6.07) is 11.4. The third-order valence-electron chi connectivity index (χ3n) is 3.81. The average molecular weight is 342 g/mol. The maximum atomic E-state index is 6.02. The fourth-order valence-electron chi connectivity index (χ4n) is 2.70. The maximum Gasteiger partial charge on any atom is 0.164 e. The summed E-state index contributed by atoms with van der Waals surface area (Å²) in [5.74, 6) is 3.53. The molecule has 0 atom stereocenters. The molecule has 0 spiro atoms. The van der Waals surface area contributed by atoms with Crippen LogP contribution in [0.3, 0.4) is 0 Å². The van der Waals surface area contributed by atoms with E-state index in [1.807, 2.05) is 50.2 Å². The lowest BCUT2D eigenvalue weighted by atomic mass is 10.1. The topological polar surface area (TPSA) is 50.1 Å². The van der Waals surface area contributed by atoms with Crippen molar-refractivity contribution in [3.63, 3.8) is 0 Å². The third kappa shape index (κ3) is 3.50. The van der Waals surface area contributed by atoms with Gasteiger partial charge >= 0.3 is 0 Å². The van der Waals surface area contributed by atoms with Crippen LogP contribution in [0.5, 0.6) is 23.0 Å². The van der Waals surface area contributed by atoms with Gasteiger partial charge in [0, 0.05) is 23.1 Å². The van der Waals surface area contributed by atoms with Crippen LogP contribution in [0.2, 0.25) is 0 Å². The van der Waals surface area contributed by atoms with Crippen molar-refractivity contribution in [2.75, 3.05) is 27.4 Å². The summed E-state index contributed by atoms with van der Waals surface area (Å²) in [5.41, 5.74) is 1.62. The van der Waals surface area contributed by atoms with Gasteiger partial charge in [-0.15, -0.1) is 0 Å². The summed E-state index contributed by atoms with van der Waals surface area (Å²) in [4.78, 5) is 0. The molecule has 0 bridgehead atoms. The van der Waals surface area contributed by atoms with Crippen LogP contribution in [0.1, 0.15) is 13.8 Å². The molecule has 0 unspecified atom stereocenters. The lowest BCUT2D eigenvalue weighted by molar-refractivity contribution is 0.311. The summed E-state index contributed by atoms with van der Waals surface area (Å²) in [5, 5.41) is 0.944. The molecule has 5 heteroatoms. The molecule has 2 aromatic carbocycles. The van der Waals surface area contributed by atoms with Crippen LogP contribution in [0.15, 0.2) is 40.8 Å². The molecule has 3 rings (SSSR count). The van der Waals surface area contributed by atoms with Crippen molar-refractivity contribution >= 4 is 11.0 Å². The Hall–Kier alpha value is -2.82. The quantitative estimate of drug-likeness (QED) is 0.610. The van der Waals surface area contributed by atoms with Crippen molar-refractivity contribution in [1.82, 2.24) is 0 Å². The van der Waals surface area contributed by atoms with Gasteiger partial charge in [0.25, 0.3) is 0 Å². The summed E-state index contributed by atoms with van der Waals surface area (Å²) < 4.78 is 28.0. The van der Waals surface area contributed by atoms with Crippen molar-refractivity contribution in [1.29, 1.82) is 0 Å². The van der Waals surface area contributed by atoms with E-state index >= 15 is 0 Å². The second-order valence-corrected chi connectivity index (χ2v) is 5.41. The molecule has 3 aromatic rings. The SMILES string of the molecule is CCOc1cc(OC)cc(-c2cc3cc(OCC)c(OC)cc3o2)c1. The molecule has 0 aliphatic carbocycles. The highest BCUT2D eigenvalue weighted by Gasteiger charge is 2.13. The third-order valence-corrected chi connectivity index (χ3v) is 3.81. The highest BCUT2D eigenvalue weighted by Crippen LogP contribution is 2.38. The molecule has 1 heterocycles. The molecule has 0 fully saturated rings. The Morgan fingerprint density at radius 1 is 0.760 bits per heavy atom. The van der Waals surface area contributed by atoms with Crippen molar-refractivity contribution in [2.24, 2.45) is 0 Å². The monoisotopic (exact) mass is 342 g/mol. The molecule has 0 N–H and O–H groups in total. The predicted octanol–water partition coefficient (Wildman–Crippen LogP) is 4.91. The van der Waals surface area contributed by atoms with E-state index in [0.29, 0.717) is 30.5 Å². The summed E-state index contributed by atoms with van der Waals surface area (Å²) >= 11 is 0. The molecule has 25 heavy (non-hydrogen) atoms. The Morgan fingerprint density at radius 2 is 1.52 bits per heavy atom. The Labute approximate surface area is 147 Å². The summed E-state index contributed by atoms with van der Waals surface area (Å²) in [6.07, 6.45) is 0. The highest BCUT2D eigenvalue weighted by atomic mass is 16.5. The van der Waals surface area contributed by atoms with E-state index in [9.17, 15) is 0 Å². The lowest BCUT2D eigenvalue weighted by Crippen LogP contribution is -1.94. The largest absolute Gasteiger partial charge is 0.497 e. The smallest absolute Gasteiger partial charge is 0.164 e. The van der Waals surface area contributed by atoms with Crippen molar-refractivity contribution in [2.45, 2.75) is 13.8 Å². The molecule has 0 saturated carbocycles. The summed E-state index contributed by atoms with van der Waals surface area (Å²) in [6.45, 7) is 5.04. The second kappa shape index (κ2) is 7.38. The number of methoxy groups -OCH3 is 2. The number of furan rings is 1.